The van der Waals surface area contributed by atoms with Crippen LogP contribution in [0, 0.1) is 0 Å². The van der Waals surface area contributed by atoms with Gasteiger partial charge in [0.25, 0.3) is 0 Å². The molecule has 5 heteroatoms. The quantitative estimate of drug-likeness (QED) is 0.570. The van der Waals surface area contributed by atoms with Gasteiger partial charge < -0.3 is 4.74 Å². The van der Waals surface area contributed by atoms with Crippen molar-refractivity contribution in [2.24, 2.45) is 0 Å². The molecule has 0 bridgehead atoms. The van der Waals surface area contributed by atoms with Crippen LogP contribution in [0.3, 0.4) is 0 Å². The first-order valence-electron chi connectivity index (χ1n) is 6.90. The lowest BCUT2D eigenvalue weighted by Crippen LogP contribution is -1.96. The monoisotopic (exact) mass is 307 g/mol. The number of hydrogen-bond donors (Lipinski definition) is 0. The summed E-state index contributed by atoms with van der Waals surface area (Å²) in [6.07, 6.45) is 1.80. The Balaban J connectivity index is 1.99. The van der Waals surface area contributed by atoms with Crippen molar-refractivity contribution in [3.8, 4) is 22.1 Å². The Bertz CT molecular complexity index is 911. The molecule has 2 aromatic carbocycles. The molecule has 4 nitrogen and oxygen atoms in total. The highest BCUT2D eigenvalue weighted by atomic mass is 32.1. The van der Waals surface area contributed by atoms with E-state index in [1.165, 1.54) is 11.5 Å². The number of ether oxygens (including phenoxy) is 1. The summed E-state index contributed by atoms with van der Waals surface area (Å²) in [6, 6.07) is 18.1. The minimum absolute atomic E-state index is 0.840. The highest BCUT2D eigenvalue weighted by Gasteiger charge is 2.15. The van der Waals surface area contributed by atoms with E-state index in [1.54, 1.807) is 13.3 Å². The predicted molar refractivity (Wildman–Crippen MR) is 88.7 cm³/mol. The van der Waals surface area contributed by atoms with Crippen molar-refractivity contribution >= 4 is 22.6 Å². The average molecular weight is 307 g/mol. The van der Waals surface area contributed by atoms with Gasteiger partial charge in [-0.3, -0.25) is 4.57 Å². The van der Waals surface area contributed by atoms with E-state index in [0.717, 1.165) is 33.2 Å². The molecule has 0 saturated carbocycles. The van der Waals surface area contributed by atoms with Crippen LogP contribution in [0.15, 0.2) is 60.8 Å². The van der Waals surface area contributed by atoms with Crippen molar-refractivity contribution in [3.63, 3.8) is 0 Å². The van der Waals surface area contributed by atoms with Gasteiger partial charge in [-0.1, -0.05) is 12.1 Å². The van der Waals surface area contributed by atoms with Crippen LogP contribution in [0.4, 0.5) is 0 Å². The maximum atomic E-state index is 5.24. The molecule has 2 aromatic heterocycles. The van der Waals surface area contributed by atoms with Crippen LogP contribution < -0.4 is 4.74 Å². The first kappa shape index (κ1) is 13.0. The average Bonchev–Trinajstić information content (AvgIpc) is 3.22. The number of para-hydroxylation sites is 2. The zero-order chi connectivity index (χ0) is 14.9. The van der Waals surface area contributed by atoms with Crippen LogP contribution in [0.25, 0.3) is 27.4 Å². The summed E-state index contributed by atoms with van der Waals surface area (Å²) in [4.78, 5) is 5.82. The smallest absolute Gasteiger partial charge is 0.157 e. The van der Waals surface area contributed by atoms with E-state index in [0.29, 0.717) is 0 Å². The molecule has 0 N–H and O–H groups in total. The maximum Gasteiger partial charge on any atom is 0.157 e. The summed E-state index contributed by atoms with van der Waals surface area (Å²) >= 11 is 1.45. The molecule has 0 unspecified atom stereocenters. The fourth-order valence-corrected chi connectivity index (χ4v) is 3.09. The number of methoxy groups -OCH3 is 1. The van der Waals surface area contributed by atoms with Gasteiger partial charge in [-0.15, -0.1) is 0 Å². The number of fused-ring (bicyclic) bond motifs is 1. The van der Waals surface area contributed by atoms with Gasteiger partial charge in [-0.2, -0.15) is 0 Å². The van der Waals surface area contributed by atoms with E-state index in [-0.39, 0.29) is 0 Å². The van der Waals surface area contributed by atoms with E-state index in [9.17, 15) is 0 Å². The Morgan fingerprint density at radius 1 is 1.00 bits per heavy atom. The van der Waals surface area contributed by atoms with Crippen molar-refractivity contribution in [3.05, 3.63) is 60.8 Å². The zero-order valence-electron chi connectivity index (χ0n) is 11.9. The molecular formula is C17H13N3OS. The van der Waals surface area contributed by atoms with Crippen LogP contribution in [0.2, 0.25) is 0 Å². The minimum atomic E-state index is 0.840. The lowest BCUT2D eigenvalue weighted by atomic mass is 10.2. The minimum Gasteiger partial charge on any atom is -0.497 e. The molecule has 2 heterocycles. The second kappa shape index (κ2) is 5.27. The fraction of sp³-hybridized carbons (Fsp3) is 0.0588. The van der Waals surface area contributed by atoms with Crippen LogP contribution in [0.5, 0.6) is 5.75 Å². The summed E-state index contributed by atoms with van der Waals surface area (Å²) in [6.45, 7) is 0. The standard InChI is InChI=1S/C17H13N3OS/c1-21-13-8-6-12(7-9-13)20-15-5-3-2-4-14(15)19-17(20)16-10-11-18-22-16/h2-11H,1H3. The molecule has 0 fully saturated rings. The number of imidazole rings is 1. The van der Waals surface area contributed by atoms with Gasteiger partial charge in [0.05, 0.1) is 23.0 Å². The molecule has 0 aliphatic heterocycles. The first-order valence-corrected chi connectivity index (χ1v) is 7.67. The molecule has 0 radical (unpaired) electrons. The van der Waals surface area contributed by atoms with Gasteiger partial charge in [-0.25, -0.2) is 9.36 Å². The van der Waals surface area contributed by atoms with Crippen molar-refractivity contribution in [2.75, 3.05) is 7.11 Å². The number of hydrogen-bond acceptors (Lipinski definition) is 4. The number of aromatic nitrogens is 3. The lowest BCUT2D eigenvalue weighted by Gasteiger charge is -2.09. The van der Waals surface area contributed by atoms with Crippen molar-refractivity contribution < 1.29 is 4.74 Å². The van der Waals surface area contributed by atoms with E-state index >= 15 is 0 Å². The molecule has 22 heavy (non-hydrogen) atoms. The third-order valence-electron chi connectivity index (χ3n) is 3.55. The van der Waals surface area contributed by atoms with E-state index in [4.69, 9.17) is 9.72 Å². The zero-order valence-corrected chi connectivity index (χ0v) is 12.7. The number of rotatable bonds is 3. The summed E-state index contributed by atoms with van der Waals surface area (Å²) in [5.41, 5.74) is 3.11. The Morgan fingerprint density at radius 3 is 2.55 bits per heavy atom. The summed E-state index contributed by atoms with van der Waals surface area (Å²) in [7, 11) is 1.67. The van der Waals surface area contributed by atoms with E-state index < -0.39 is 0 Å². The van der Waals surface area contributed by atoms with Gasteiger partial charge in [0, 0.05) is 11.9 Å². The second-order valence-electron chi connectivity index (χ2n) is 4.83. The Morgan fingerprint density at radius 2 is 1.82 bits per heavy atom. The molecule has 4 rings (SSSR count). The molecule has 4 aromatic rings. The Kier molecular flexibility index (Phi) is 3.12. The van der Waals surface area contributed by atoms with Crippen LogP contribution >= 0.6 is 11.5 Å². The largest absolute Gasteiger partial charge is 0.497 e. The molecule has 0 atom stereocenters. The molecule has 0 saturated heterocycles. The third-order valence-corrected chi connectivity index (χ3v) is 4.29. The van der Waals surface area contributed by atoms with Crippen LogP contribution in [-0.2, 0) is 0 Å². The maximum absolute atomic E-state index is 5.24. The highest BCUT2D eigenvalue weighted by Crippen LogP contribution is 2.30. The lowest BCUT2D eigenvalue weighted by molar-refractivity contribution is 0.415. The van der Waals surface area contributed by atoms with Gasteiger partial charge in [-0.05, 0) is 54.0 Å². The molecule has 0 amide bonds. The molecule has 108 valence electrons. The van der Waals surface area contributed by atoms with Crippen LogP contribution in [0.1, 0.15) is 0 Å². The van der Waals surface area contributed by atoms with Gasteiger partial charge >= 0.3 is 0 Å². The molecule has 0 aliphatic rings. The molecule has 0 aliphatic carbocycles. The third kappa shape index (κ3) is 2.07. The van der Waals surface area contributed by atoms with E-state index in [2.05, 4.69) is 15.0 Å². The highest BCUT2D eigenvalue weighted by molar-refractivity contribution is 7.09. The SMILES string of the molecule is COc1ccc(-n2c(-c3ccns3)nc3ccccc32)cc1. The number of nitrogens with zero attached hydrogens (tertiary/aromatic N) is 3. The predicted octanol–water partition coefficient (Wildman–Crippen LogP) is 4.16. The summed E-state index contributed by atoms with van der Waals surface area (Å²) in [5.74, 6) is 1.75. The van der Waals surface area contributed by atoms with Crippen molar-refractivity contribution in [1.82, 2.24) is 13.9 Å². The Hall–Kier alpha value is -2.66. The Labute approximate surface area is 131 Å². The van der Waals surface area contributed by atoms with Gasteiger partial charge in [0.2, 0.25) is 0 Å². The summed E-state index contributed by atoms with van der Waals surface area (Å²) in [5, 5.41) is 0. The van der Waals surface area contributed by atoms with Gasteiger partial charge in [0.15, 0.2) is 5.82 Å². The summed E-state index contributed by atoms with van der Waals surface area (Å²) < 4.78 is 11.6. The first-order chi connectivity index (χ1) is 10.9. The topological polar surface area (TPSA) is 39.9 Å². The van der Waals surface area contributed by atoms with Gasteiger partial charge in [0.1, 0.15) is 5.75 Å². The van der Waals surface area contributed by atoms with E-state index in [1.807, 2.05) is 48.5 Å². The normalized spacial score (nSPS) is 11.0. The van der Waals surface area contributed by atoms with Crippen LogP contribution in [-0.4, -0.2) is 21.0 Å². The fourth-order valence-electron chi connectivity index (χ4n) is 2.52. The molecular weight excluding hydrogens is 294 g/mol. The van der Waals surface area contributed by atoms with Crippen molar-refractivity contribution in [2.45, 2.75) is 0 Å². The van der Waals surface area contributed by atoms with Crippen molar-refractivity contribution in [1.29, 1.82) is 0 Å². The number of benzene rings is 2. The molecule has 0 spiro atoms. The second-order valence-corrected chi connectivity index (χ2v) is 5.67.